The van der Waals surface area contributed by atoms with Gasteiger partial charge in [0.2, 0.25) is 0 Å². The summed E-state index contributed by atoms with van der Waals surface area (Å²) in [4.78, 5) is 14.7. The summed E-state index contributed by atoms with van der Waals surface area (Å²) in [5.74, 6) is 1.36. The third-order valence-corrected chi connectivity index (χ3v) is 3.74. The predicted octanol–water partition coefficient (Wildman–Crippen LogP) is 3.33. The third-order valence-electron chi connectivity index (χ3n) is 3.74. The van der Waals surface area contributed by atoms with Gasteiger partial charge in [-0.3, -0.25) is 4.79 Å². The number of carbonyl (C=O) groups excluding carboxylic acids is 1. The van der Waals surface area contributed by atoms with Crippen molar-refractivity contribution in [2.75, 3.05) is 19.6 Å². The van der Waals surface area contributed by atoms with Crippen LogP contribution in [0.3, 0.4) is 0 Å². The van der Waals surface area contributed by atoms with Crippen LogP contribution >= 0.6 is 12.4 Å². The van der Waals surface area contributed by atoms with E-state index in [4.69, 9.17) is 4.74 Å². The van der Waals surface area contributed by atoms with Crippen molar-refractivity contribution in [2.24, 2.45) is 0 Å². The fourth-order valence-electron chi connectivity index (χ4n) is 2.63. The summed E-state index contributed by atoms with van der Waals surface area (Å²) < 4.78 is 5.89. The van der Waals surface area contributed by atoms with Crippen molar-refractivity contribution in [3.05, 3.63) is 60.2 Å². The molecular weight excluding hydrogens is 312 g/mol. The number of nitrogens with one attached hydrogen (secondary N) is 1. The van der Waals surface area contributed by atoms with Crippen LogP contribution in [0.25, 0.3) is 0 Å². The number of hydrogen-bond acceptors (Lipinski definition) is 3. The molecule has 1 unspecified atom stereocenters. The standard InChI is InChI=1S/C18H20N2O2.ClH/c1-14-13-20(12-11-19-14)18(21)16-9-5-6-10-17(16)22-15-7-3-2-4-8-15;/h2-10,14,19H,11-13H2,1H3;1H. The zero-order valence-corrected chi connectivity index (χ0v) is 13.9. The molecule has 0 aromatic heterocycles. The summed E-state index contributed by atoms with van der Waals surface area (Å²) in [7, 11) is 0. The van der Waals surface area contributed by atoms with E-state index < -0.39 is 0 Å². The van der Waals surface area contributed by atoms with Crippen LogP contribution < -0.4 is 10.1 Å². The minimum Gasteiger partial charge on any atom is -0.457 e. The molecule has 1 aliphatic heterocycles. The van der Waals surface area contributed by atoms with Gasteiger partial charge in [-0.2, -0.15) is 0 Å². The van der Waals surface area contributed by atoms with Gasteiger partial charge >= 0.3 is 0 Å². The van der Waals surface area contributed by atoms with Gasteiger partial charge in [-0.1, -0.05) is 30.3 Å². The Hall–Kier alpha value is -2.04. The van der Waals surface area contributed by atoms with Gasteiger partial charge in [0.1, 0.15) is 11.5 Å². The van der Waals surface area contributed by atoms with Gasteiger partial charge in [-0.25, -0.2) is 0 Å². The quantitative estimate of drug-likeness (QED) is 0.937. The van der Waals surface area contributed by atoms with Gasteiger partial charge in [0.25, 0.3) is 5.91 Å². The van der Waals surface area contributed by atoms with Gasteiger partial charge < -0.3 is 15.0 Å². The van der Waals surface area contributed by atoms with E-state index in [0.29, 0.717) is 17.4 Å². The molecule has 1 saturated heterocycles. The number of para-hydroxylation sites is 2. The first-order valence-corrected chi connectivity index (χ1v) is 7.58. The smallest absolute Gasteiger partial charge is 0.257 e. The number of amides is 1. The van der Waals surface area contributed by atoms with E-state index >= 15 is 0 Å². The highest BCUT2D eigenvalue weighted by Gasteiger charge is 2.23. The van der Waals surface area contributed by atoms with Crippen LogP contribution in [0.4, 0.5) is 0 Å². The molecule has 2 aromatic carbocycles. The second-order valence-corrected chi connectivity index (χ2v) is 5.52. The molecule has 3 rings (SSSR count). The molecule has 0 radical (unpaired) electrons. The van der Waals surface area contributed by atoms with E-state index in [1.54, 1.807) is 0 Å². The Balaban J connectivity index is 0.00000192. The van der Waals surface area contributed by atoms with Crippen molar-refractivity contribution in [3.8, 4) is 11.5 Å². The Morgan fingerprint density at radius 2 is 1.83 bits per heavy atom. The van der Waals surface area contributed by atoms with Crippen molar-refractivity contribution in [1.29, 1.82) is 0 Å². The predicted molar refractivity (Wildman–Crippen MR) is 93.6 cm³/mol. The molecular formula is C18H21ClN2O2. The molecule has 5 heteroatoms. The lowest BCUT2D eigenvalue weighted by Crippen LogP contribution is -2.51. The summed E-state index contributed by atoms with van der Waals surface area (Å²) in [6, 6.07) is 17.3. The lowest BCUT2D eigenvalue weighted by atomic mass is 10.1. The van der Waals surface area contributed by atoms with E-state index in [1.165, 1.54) is 0 Å². The second kappa shape index (κ2) is 7.99. The minimum atomic E-state index is 0. The molecule has 1 fully saturated rings. The number of nitrogens with zero attached hydrogens (tertiary/aromatic N) is 1. The van der Waals surface area contributed by atoms with Gasteiger partial charge in [-0.15, -0.1) is 12.4 Å². The van der Waals surface area contributed by atoms with Gasteiger partial charge in [0.15, 0.2) is 0 Å². The second-order valence-electron chi connectivity index (χ2n) is 5.52. The molecule has 1 aliphatic rings. The number of hydrogen-bond donors (Lipinski definition) is 1. The van der Waals surface area contributed by atoms with Crippen molar-refractivity contribution in [1.82, 2.24) is 10.2 Å². The summed E-state index contributed by atoms with van der Waals surface area (Å²) in [5.41, 5.74) is 0.612. The average Bonchev–Trinajstić information content (AvgIpc) is 2.56. The average molecular weight is 333 g/mol. The number of halogens is 1. The molecule has 122 valence electrons. The molecule has 0 bridgehead atoms. The summed E-state index contributed by atoms with van der Waals surface area (Å²) >= 11 is 0. The third kappa shape index (κ3) is 4.24. The van der Waals surface area contributed by atoms with E-state index in [2.05, 4.69) is 12.2 Å². The monoisotopic (exact) mass is 332 g/mol. The van der Waals surface area contributed by atoms with Crippen LogP contribution in [0.15, 0.2) is 54.6 Å². The molecule has 0 saturated carbocycles. The molecule has 1 amide bonds. The van der Waals surface area contributed by atoms with Crippen molar-refractivity contribution < 1.29 is 9.53 Å². The van der Waals surface area contributed by atoms with Crippen LogP contribution in [0.2, 0.25) is 0 Å². The normalized spacial score (nSPS) is 17.3. The van der Waals surface area contributed by atoms with Crippen LogP contribution in [0.1, 0.15) is 17.3 Å². The minimum absolute atomic E-state index is 0. The van der Waals surface area contributed by atoms with Crippen molar-refractivity contribution >= 4 is 18.3 Å². The van der Waals surface area contributed by atoms with Gasteiger partial charge in [0.05, 0.1) is 5.56 Å². The van der Waals surface area contributed by atoms with E-state index in [0.717, 1.165) is 25.4 Å². The Morgan fingerprint density at radius 3 is 2.57 bits per heavy atom. The van der Waals surface area contributed by atoms with Crippen LogP contribution in [0, 0.1) is 0 Å². The fourth-order valence-corrected chi connectivity index (χ4v) is 2.63. The topological polar surface area (TPSA) is 41.6 Å². The molecule has 2 aromatic rings. The highest BCUT2D eigenvalue weighted by molar-refractivity contribution is 5.97. The first kappa shape index (κ1) is 17.3. The number of piperazine rings is 1. The number of carbonyl (C=O) groups is 1. The Labute approximate surface area is 142 Å². The Kier molecular flexibility index (Phi) is 6.02. The largest absolute Gasteiger partial charge is 0.457 e. The van der Waals surface area contributed by atoms with Gasteiger partial charge in [-0.05, 0) is 31.2 Å². The first-order valence-electron chi connectivity index (χ1n) is 7.58. The van der Waals surface area contributed by atoms with E-state index in [9.17, 15) is 4.79 Å². The molecule has 0 aliphatic carbocycles. The fraction of sp³-hybridized carbons (Fsp3) is 0.278. The first-order chi connectivity index (χ1) is 10.7. The Bertz CT molecular complexity index is 648. The lowest BCUT2D eigenvalue weighted by molar-refractivity contribution is 0.0706. The maximum absolute atomic E-state index is 12.8. The Morgan fingerprint density at radius 1 is 1.13 bits per heavy atom. The summed E-state index contributed by atoms with van der Waals surface area (Å²) in [5, 5.41) is 3.35. The molecule has 1 N–H and O–H groups in total. The van der Waals surface area contributed by atoms with Crippen LogP contribution in [-0.2, 0) is 0 Å². The van der Waals surface area contributed by atoms with Gasteiger partial charge in [0, 0.05) is 25.7 Å². The number of rotatable bonds is 3. The number of ether oxygens (including phenoxy) is 1. The summed E-state index contributed by atoms with van der Waals surface area (Å²) in [6.45, 7) is 4.36. The van der Waals surface area contributed by atoms with Crippen molar-refractivity contribution in [2.45, 2.75) is 13.0 Å². The van der Waals surface area contributed by atoms with Crippen LogP contribution in [-0.4, -0.2) is 36.5 Å². The lowest BCUT2D eigenvalue weighted by Gasteiger charge is -2.32. The van der Waals surface area contributed by atoms with Crippen LogP contribution in [0.5, 0.6) is 11.5 Å². The van der Waals surface area contributed by atoms with E-state index in [-0.39, 0.29) is 18.3 Å². The highest BCUT2D eigenvalue weighted by atomic mass is 35.5. The van der Waals surface area contributed by atoms with Crippen molar-refractivity contribution in [3.63, 3.8) is 0 Å². The zero-order valence-electron chi connectivity index (χ0n) is 13.1. The zero-order chi connectivity index (χ0) is 15.4. The molecule has 4 nitrogen and oxygen atoms in total. The molecule has 1 atom stereocenters. The maximum atomic E-state index is 12.8. The SMILES string of the molecule is CC1CN(C(=O)c2ccccc2Oc2ccccc2)CCN1.Cl. The number of benzene rings is 2. The molecule has 1 heterocycles. The maximum Gasteiger partial charge on any atom is 0.257 e. The molecule has 23 heavy (non-hydrogen) atoms. The molecule has 0 spiro atoms. The van der Waals surface area contributed by atoms with E-state index in [1.807, 2.05) is 59.5 Å². The summed E-state index contributed by atoms with van der Waals surface area (Å²) in [6.07, 6.45) is 0. The highest BCUT2D eigenvalue weighted by Crippen LogP contribution is 2.26.